The minimum atomic E-state index is -0.759. The molecule has 70 valence electrons. The fourth-order valence-corrected chi connectivity index (χ4v) is 0.904. The zero-order chi connectivity index (χ0) is 9.56. The Morgan fingerprint density at radius 1 is 1.50 bits per heavy atom. The van der Waals surface area contributed by atoms with E-state index in [1.807, 2.05) is 6.92 Å². The molecule has 1 unspecified atom stereocenters. The fraction of sp³-hybridized carbons (Fsp3) is 0.625. The highest BCUT2D eigenvalue weighted by atomic mass is 35.5. The molecule has 0 aromatic carbocycles. The summed E-state index contributed by atoms with van der Waals surface area (Å²) in [5.41, 5.74) is 0. The van der Waals surface area contributed by atoms with Gasteiger partial charge in [0, 0.05) is 6.42 Å². The second-order valence-electron chi connectivity index (χ2n) is 2.12. The molecular formula is C8H13ClO3. The van der Waals surface area contributed by atoms with E-state index in [-0.39, 0.29) is 0 Å². The lowest BCUT2D eigenvalue weighted by Crippen LogP contribution is -2.14. The van der Waals surface area contributed by atoms with Gasteiger partial charge in [-0.1, -0.05) is 6.92 Å². The zero-order valence-electron chi connectivity index (χ0n) is 7.46. The van der Waals surface area contributed by atoms with Crippen molar-refractivity contribution in [3.05, 3.63) is 11.8 Å². The van der Waals surface area contributed by atoms with Crippen LogP contribution in [0.3, 0.4) is 0 Å². The maximum Gasteiger partial charge on any atom is 0.327 e. The smallest absolute Gasteiger partial charge is 0.327 e. The van der Waals surface area contributed by atoms with E-state index in [2.05, 4.69) is 4.74 Å². The molecule has 0 bridgehead atoms. The summed E-state index contributed by atoms with van der Waals surface area (Å²) >= 11 is 5.65. The van der Waals surface area contributed by atoms with Crippen molar-refractivity contribution in [2.45, 2.75) is 18.7 Å². The van der Waals surface area contributed by atoms with E-state index in [4.69, 9.17) is 16.3 Å². The lowest BCUT2D eigenvalue weighted by molar-refractivity contribution is -0.139. The molecule has 1 atom stereocenters. The number of carbonyl (C=O) groups excluding carboxylic acids is 1. The molecule has 0 aromatic rings. The second kappa shape index (κ2) is 5.89. The summed E-state index contributed by atoms with van der Waals surface area (Å²) < 4.78 is 9.36. The van der Waals surface area contributed by atoms with Crippen molar-refractivity contribution >= 4 is 17.6 Å². The maximum absolute atomic E-state index is 10.8. The van der Waals surface area contributed by atoms with Crippen LogP contribution in [0.5, 0.6) is 0 Å². The van der Waals surface area contributed by atoms with Gasteiger partial charge in [-0.15, -0.1) is 11.6 Å². The molecule has 0 N–H and O–H groups in total. The molecule has 4 heteroatoms. The first-order valence-electron chi connectivity index (χ1n) is 3.62. The molecular weight excluding hydrogens is 180 g/mol. The van der Waals surface area contributed by atoms with Crippen LogP contribution in [0.15, 0.2) is 11.8 Å². The Hall–Kier alpha value is -0.700. The Morgan fingerprint density at radius 2 is 2.08 bits per heavy atom. The highest BCUT2D eigenvalue weighted by Gasteiger charge is 2.13. The monoisotopic (exact) mass is 192 g/mol. The van der Waals surface area contributed by atoms with Crippen molar-refractivity contribution in [3.63, 3.8) is 0 Å². The van der Waals surface area contributed by atoms with Gasteiger partial charge in [0.2, 0.25) is 0 Å². The predicted molar refractivity (Wildman–Crippen MR) is 47.0 cm³/mol. The lowest BCUT2D eigenvalue weighted by atomic mass is 10.3. The molecule has 0 fully saturated rings. The molecule has 0 radical (unpaired) electrons. The molecule has 0 rings (SSSR count). The van der Waals surface area contributed by atoms with Crippen molar-refractivity contribution in [2.24, 2.45) is 0 Å². The highest BCUT2D eigenvalue weighted by molar-refractivity contribution is 6.31. The topological polar surface area (TPSA) is 35.5 Å². The van der Waals surface area contributed by atoms with Gasteiger partial charge in [0.25, 0.3) is 0 Å². The third-order valence-electron chi connectivity index (χ3n) is 1.37. The Bertz CT molecular complexity index is 171. The summed E-state index contributed by atoms with van der Waals surface area (Å²) in [4.78, 5) is 10.8. The molecule has 0 amide bonds. The molecule has 0 aromatic heterocycles. The number of methoxy groups -OCH3 is 2. The first-order valence-corrected chi connectivity index (χ1v) is 4.05. The van der Waals surface area contributed by atoms with Crippen LogP contribution in [0.1, 0.15) is 13.3 Å². The molecule has 0 saturated heterocycles. The van der Waals surface area contributed by atoms with Gasteiger partial charge in [0.15, 0.2) is 5.38 Å². The van der Waals surface area contributed by atoms with Crippen LogP contribution in [0.2, 0.25) is 0 Å². The number of hydrogen-bond donors (Lipinski definition) is 0. The number of esters is 1. The number of alkyl halides is 1. The predicted octanol–water partition coefficient (Wildman–Crippen LogP) is 1.71. The maximum atomic E-state index is 10.8. The summed E-state index contributed by atoms with van der Waals surface area (Å²) in [6.45, 7) is 1.91. The fourth-order valence-electron chi connectivity index (χ4n) is 0.674. The molecule has 0 aliphatic carbocycles. The van der Waals surface area contributed by atoms with Gasteiger partial charge in [-0.25, -0.2) is 0 Å². The molecule has 0 saturated carbocycles. The normalized spacial score (nSPS) is 13.8. The zero-order valence-corrected chi connectivity index (χ0v) is 8.22. The molecule has 0 aliphatic heterocycles. The van der Waals surface area contributed by atoms with Gasteiger partial charge in [-0.3, -0.25) is 4.79 Å². The highest BCUT2D eigenvalue weighted by Crippen LogP contribution is 2.08. The van der Waals surface area contributed by atoms with Crippen molar-refractivity contribution < 1.29 is 14.3 Å². The van der Waals surface area contributed by atoms with Crippen molar-refractivity contribution in [3.8, 4) is 0 Å². The summed E-state index contributed by atoms with van der Waals surface area (Å²) in [5, 5.41) is -0.759. The average molecular weight is 193 g/mol. The van der Waals surface area contributed by atoms with Crippen LogP contribution >= 0.6 is 11.6 Å². The second-order valence-corrected chi connectivity index (χ2v) is 2.59. The minimum absolute atomic E-state index is 0.473. The van der Waals surface area contributed by atoms with E-state index in [1.165, 1.54) is 20.3 Å². The molecule has 0 heterocycles. The quantitative estimate of drug-likeness (QED) is 0.387. The van der Waals surface area contributed by atoms with Crippen LogP contribution in [0.4, 0.5) is 0 Å². The third kappa shape index (κ3) is 3.62. The molecule has 12 heavy (non-hydrogen) atoms. The Morgan fingerprint density at radius 3 is 2.42 bits per heavy atom. The largest absolute Gasteiger partial charge is 0.501 e. The number of ether oxygens (including phenoxy) is 2. The average Bonchev–Trinajstić information content (AvgIpc) is 2.12. The van der Waals surface area contributed by atoms with E-state index < -0.39 is 11.3 Å². The van der Waals surface area contributed by atoms with Crippen LogP contribution in [0, 0.1) is 0 Å². The van der Waals surface area contributed by atoms with Crippen molar-refractivity contribution in [1.82, 2.24) is 0 Å². The Kier molecular flexibility index (Phi) is 5.54. The third-order valence-corrected chi connectivity index (χ3v) is 1.67. The van der Waals surface area contributed by atoms with E-state index in [0.29, 0.717) is 12.2 Å². The minimum Gasteiger partial charge on any atom is -0.501 e. The van der Waals surface area contributed by atoms with Crippen molar-refractivity contribution in [2.75, 3.05) is 14.2 Å². The molecule has 0 spiro atoms. The number of carbonyl (C=O) groups is 1. The van der Waals surface area contributed by atoms with Crippen LogP contribution in [-0.4, -0.2) is 25.6 Å². The SMILES string of the molecule is CCC(=CC(Cl)C(=O)OC)OC. The number of hydrogen-bond acceptors (Lipinski definition) is 3. The Balaban J connectivity index is 4.19. The molecule has 3 nitrogen and oxygen atoms in total. The van der Waals surface area contributed by atoms with Crippen LogP contribution in [0.25, 0.3) is 0 Å². The summed E-state index contributed by atoms with van der Waals surface area (Å²) in [6.07, 6.45) is 2.24. The van der Waals surface area contributed by atoms with Crippen LogP contribution < -0.4 is 0 Å². The summed E-state index contributed by atoms with van der Waals surface area (Å²) in [6, 6.07) is 0. The van der Waals surface area contributed by atoms with Gasteiger partial charge in [0.1, 0.15) is 0 Å². The first-order chi connectivity index (χ1) is 5.65. The van der Waals surface area contributed by atoms with E-state index in [9.17, 15) is 4.79 Å². The Labute approximate surface area is 77.3 Å². The summed E-state index contributed by atoms with van der Waals surface area (Å²) in [5.74, 6) is 0.208. The van der Waals surface area contributed by atoms with E-state index in [1.54, 1.807) is 0 Å². The van der Waals surface area contributed by atoms with Crippen molar-refractivity contribution in [1.29, 1.82) is 0 Å². The summed E-state index contributed by atoms with van der Waals surface area (Å²) in [7, 11) is 2.83. The van der Waals surface area contributed by atoms with Crippen LogP contribution in [-0.2, 0) is 14.3 Å². The number of halogens is 1. The van der Waals surface area contributed by atoms with Gasteiger partial charge in [0.05, 0.1) is 20.0 Å². The standard InChI is InChI=1S/C8H13ClO3/c1-4-6(11-2)5-7(9)8(10)12-3/h5,7H,4H2,1-3H3. The van der Waals surface area contributed by atoms with Gasteiger partial charge in [-0.05, 0) is 6.08 Å². The number of allylic oxidation sites excluding steroid dienone is 1. The lowest BCUT2D eigenvalue weighted by Gasteiger charge is -2.05. The first kappa shape index (κ1) is 11.3. The van der Waals surface area contributed by atoms with Gasteiger partial charge < -0.3 is 9.47 Å². The van der Waals surface area contributed by atoms with Gasteiger partial charge in [-0.2, -0.15) is 0 Å². The molecule has 0 aliphatic rings. The number of rotatable bonds is 4. The van der Waals surface area contributed by atoms with Gasteiger partial charge >= 0.3 is 5.97 Å². The van der Waals surface area contributed by atoms with E-state index in [0.717, 1.165) is 0 Å². The van der Waals surface area contributed by atoms with E-state index >= 15 is 0 Å².